The van der Waals surface area contributed by atoms with Crippen molar-refractivity contribution in [3.05, 3.63) is 78.0 Å². The van der Waals surface area contributed by atoms with Crippen molar-refractivity contribution in [3.8, 4) is 5.75 Å². The lowest BCUT2D eigenvalue weighted by atomic mass is 10.1. The highest BCUT2D eigenvalue weighted by Crippen LogP contribution is 2.35. The van der Waals surface area contributed by atoms with Gasteiger partial charge in [-0.25, -0.2) is 4.98 Å². The fraction of sp³-hybridized carbons (Fsp3) is 0.100. The van der Waals surface area contributed by atoms with Crippen LogP contribution in [0.4, 0.5) is 30.4 Å². The number of hydrogen-bond donors (Lipinski definition) is 2. The molecular formula is C20H16F3N3O2. The molecule has 0 saturated heterocycles. The number of anilines is 3. The highest BCUT2D eigenvalue weighted by Gasteiger charge is 2.33. The lowest BCUT2D eigenvalue weighted by Gasteiger charge is -2.14. The zero-order valence-electron chi connectivity index (χ0n) is 14.7. The molecule has 2 aromatic carbocycles. The van der Waals surface area contributed by atoms with Crippen molar-refractivity contribution in [2.45, 2.75) is 6.18 Å². The number of ether oxygens (including phenoxy) is 1. The van der Waals surface area contributed by atoms with Crippen molar-refractivity contribution in [1.82, 2.24) is 4.98 Å². The first kappa shape index (κ1) is 19.2. The van der Waals surface area contributed by atoms with E-state index in [4.69, 9.17) is 4.74 Å². The van der Waals surface area contributed by atoms with Gasteiger partial charge in [0, 0.05) is 5.56 Å². The smallest absolute Gasteiger partial charge is 0.418 e. The highest BCUT2D eigenvalue weighted by atomic mass is 19.4. The third-order valence-electron chi connectivity index (χ3n) is 3.85. The molecule has 0 saturated carbocycles. The molecule has 0 bridgehead atoms. The van der Waals surface area contributed by atoms with Gasteiger partial charge in [0.2, 0.25) is 0 Å². The minimum atomic E-state index is -4.48. The Kier molecular flexibility index (Phi) is 5.49. The summed E-state index contributed by atoms with van der Waals surface area (Å²) >= 11 is 0. The van der Waals surface area contributed by atoms with Crippen molar-refractivity contribution in [3.63, 3.8) is 0 Å². The van der Waals surface area contributed by atoms with Crippen LogP contribution in [0.25, 0.3) is 0 Å². The molecule has 28 heavy (non-hydrogen) atoms. The Balaban J connectivity index is 1.71. The van der Waals surface area contributed by atoms with Crippen LogP contribution in [0, 0.1) is 0 Å². The predicted molar refractivity (Wildman–Crippen MR) is 99.9 cm³/mol. The molecule has 2 N–H and O–H groups in total. The maximum absolute atomic E-state index is 13.1. The lowest BCUT2D eigenvalue weighted by Crippen LogP contribution is -2.12. The van der Waals surface area contributed by atoms with Crippen molar-refractivity contribution < 1.29 is 22.7 Å². The number of hydrogen-bond acceptors (Lipinski definition) is 4. The van der Waals surface area contributed by atoms with E-state index in [1.165, 1.54) is 37.6 Å². The van der Waals surface area contributed by atoms with E-state index in [0.717, 1.165) is 6.07 Å². The fourth-order valence-corrected chi connectivity index (χ4v) is 2.49. The van der Waals surface area contributed by atoms with Crippen LogP contribution in [0.2, 0.25) is 0 Å². The number of alkyl halides is 3. The number of nitrogens with one attached hydrogen (secondary N) is 2. The van der Waals surface area contributed by atoms with E-state index in [9.17, 15) is 18.0 Å². The van der Waals surface area contributed by atoms with Gasteiger partial charge < -0.3 is 15.4 Å². The molecule has 0 unspecified atom stereocenters. The quantitative estimate of drug-likeness (QED) is 0.639. The summed E-state index contributed by atoms with van der Waals surface area (Å²) in [6.07, 6.45) is -3.12. The molecule has 0 atom stereocenters. The topological polar surface area (TPSA) is 63.2 Å². The van der Waals surface area contributed by atoms with Gasteiger partial charge in [-0.05, 0) is 42.5 Å². The van der Waals surface area contributed by atoms with Gasteiger partial charge in [0.25, 0.3) is 5.91 Å². The molecule has 0 spiro atoms. The van der Waals surface area contributed by atoms with Crippen molar-refractivity contribution in [2.75, 3.05) is 17.7 Å². The Morgan fingerprint density at radius 3 is 2.50 bits per heavy atom. The number of amides is 1. The molecule has 0 aliphatic heterocycles. The molecule has 3 rings (SSSR count). The zero-order valence-corrected chi connectivity index (χ0v) is 14.7. The van der Waals surface area contributed by atoms with E-state index in [2.05, 4.69) is 15.6 Å². The van der Waals surface area contributed by atoms with Gasteiger partial charge in [-0.2, -0.15) is 13.2 Å². The van der Waals surface area contributed by atoms with Gasteiger partial charge in [-0.1, -0.05) is 18.2 Å². The number of carbonyl (C=O) groups excluding carboxylic acids is 1. The molecule has 8 heteroatoms. The molecule has 144 valence electrons. The predicted octanol–water partition coefficient (Wildman–Crippen LogP) is 5.10. The highest BCUT2D eigenvalue weighted by molar-refractivity contribution is 6.04. The molecular weight excluding hydrogens is 371 g/mol. The van der Waals surface area contributed by atoms with E-state index in [1.807, 2.05) is 0 Å². The first-order valence-corrected chi connectivity index (χ1v) is 8.21. The number of para-hydroxylation sites is 1. The molecule has 0 aliphatic carbocycles. The summed E-state index contributed by atoms with van der Waals surface area (Å²) in [5.74, 6) is 0.411. The van der Waals surface area contributed by atoms with Crippen molar-refractivity contribution >= 4 is 23.1 Å². The number of rotatable bonds is 5. The second kappa shape index (κ2) is 7.99. The maximum Gasteiger partial charge on any atom is 0.418 e. The second-order valence-corrected chi connectivity index (χ2v) is 5.79. The molecule has 0 aliphatic rings. The Morgan fingerprint density at radius 1 is 1.04 bits per heavy atom. The van der Waals surface area contributed by atoms with Crippen molar-refractivity contribution in [1.29, 1.82) is 0 Å². The standard InChI is InChI=1S/C20H16F3N3O2/c1-28-15-6-4-5-13(11-15)19(27)25-14-9-10-18(24-12-14)26-17-8-3-2-7-16(17)20(21,22)23/h2-12H,1H3,(H,24,26)(H,25,27). The maximum atomic E-state index is 13.1. The summed E-state index contributed by atoms with van der Waals surface area (Å²) in [5.41, 5.74) is -0.0778. The van der Waals surface area contributed by atoms with Gasteiger partial charge in [-0.15, -0.1) is 0 Å². The van der Waals surface area contributed by atoms with Crippen LogP contribution >= 0.6 is 0 Å². The van der Waals surface area contributed by atoms with Gasteiger partial charge in [0.1, 0.15) is 11.6 Å². The van der Waals surface area contributed by atoms with Crippen molar-refractivity contribution in [2.24, 2.45) is 0 Å². The largest absolute Gasteiger partial charge is 0.497 e. The van der Waals surface area contributed by atoms with E-state index < -0.39 is 11.7 Å². The average Bonchev–Trinajstić information content (AvgIpc) is 2.69. The number of methoxy groups -OCH3 is 1. The van der Waals surface area contributed by atoms with E-state index in [-0.39, 0.29) is 17.4 Å². The minimum absolute atomic E-state index is 0.101. The minimum Gasteiger partial charge on any atom is -0.497 e. The van der Waals surface area contributed by atoms with Gasteiger partial charge in [-0.3, -0.25) is 4.79 Å². The third kappa shape index (κ3) is 4.59. The number of benzene rings is 2. The van der Waals surface area contributed by atoms with E-state index in [1.54, 1.807) is 30.3 Å². The molecule has 1 aromatic heterocycles. The Bertz CT molecular complexity index is 973. The molecule has 0 fully saturated rings. The Hall–Kier alpha value is -3.55. The van der Waals surface area contributed by atoms with Gasteiger partial charge in [0.15, 0.2) is 0 Å². The normalized spacial score (nSPS) is 11.0. The molecule has 0 radical (unpaired) electrons. The summed E-state index contributed by atoms with van der Waals surface area (Å²) < 4.78 is 44.3. The van der Waals surface area contributed by atoms with Crippen LogP contribution in [0.3, 0.4) is 0 Å². The van der Waals surface area contributed by atoms with Crippen LogP contribution in [-0.4, -0.2) is 18.0 Å². The lowest BCUT2D eigenvalue weighted by molar-refractivity contribution is -0.136. The summed E-state index contributed by atoms with van der Waals surface area (Å²) in [6, 6.07) is 14.8. The van der Waals surface area contributed by atoms with E-state index in [0.29, 0.717) is 17.0 Å². The monoisotopic (exact) mass is 387 g/mol. The average molecular weight is 387 g/mol. The SMILES string of the molecule is COc1cccc(C(=O)Nc2ccc(Nc3ccccc3C(F)(F)F)nc2)c1. The number of halogens is 3. The molecule has 1 heterocycles. The van der Waals surface area contributed by atoms with Crippen LogP contribution in [0.15, 0.2) is 66.9 Å². The number of pyridine rings is 1. The zero-order chi connectivity index (χ0) is 20.1. The van der Waals surface area contributed by atoms with Gasteiger partial charge >= 0.3 is 6.18 Å². The Labute approximate surface area is 159 Å². The summed E-state index contributed by atoms with van der Waals surface area (Å²) in [5, 5.41) is 5.32. The second-order valence-electron chi connectivity index (χ2n) is 5.79. The Morgan fingerprint density at radius 2 is 1.82 bits per heavy atom. The number of aromatic nitrogens is 1. The molecule has 5 nitrogen and oxygen atoms in total. The number of carbonyl (C=O) groups is 1. The summed E-state index contributed by atoms with van der Waals surface area (Å²) in [6.45, 7) is 0. The van der Waals surface area contributed by atoms with Crippen LogP contribution in [-0.2, 0) is 6.18 Å². The fourth-order valence-electron chi connectivity index (χ4n) is 2.49. The third-order valence-corrected chi connectivity index (χ3v) is 3.85. The van der Waals surface area contributed by atoms with Crippen LogP contribution in [0.1, 0.15) is 15.9 Å². The van der Waals surface area contributed by atoms with Crippen LogP contribution in [0.5, 0.6) is 5.75 Å². The van der Waals surface area contributed by atoms with Crippen LogP contribution < -0.4 is 15.4 Å². The first-order valence-electron chi connectivity index (χ1n) is 8.21. The molecule has 1 amide bonds. The summed E-state index contributed by atoms with van der Waals surface area (Å²) in [4.78, 5) is 16.3. The summed E-state index contributed by atoms with van der Waals surface area (Å²) in [7, 11) is 1.50. The van der Waals surface area contributed by atoms with Gasteiger partial charge in [0.05, 0.1) is 30.2 Å². The first-order chi connectivity index (χ1) is 13.4. The van der Waals surface area contributed by atoms with E-state index >= 15 is 0 Å². The molecule has 3 aromatic rings. The number of nitrogens with zero attached hydrogens (tertiary/aromatic N) is 1.